The summed E-state index contributed by atoms with van der Waals surface area (Å²) in [4.78, 5) is 21.5. The number of piperidine rings is 1. The van der Waals surface area contributed by atoms with E-state index < -0.39 is 0 Å². The van der Waals surface area contributed by atoms with Crippen LogP contribution in [-0.4, -0.2) is 28.5 Å². The Labute approximate surface area is 116 Å². The molecule has 1 saturated heterocycles. The van der Waals surface area contributed by atoms with Crippen molar-refractivity contribution < 1.29 is 4.79 Å². The molecular formula is C11H17ClN6O. The van der Waals surface area contributed by atoms with E-state index in [1.54, 1.807) is 0 Å². The number of hydrazine groups is 1. The highest BCUT2D eigenvalue weighted by Crippen LogP contribution is 2.31. The lowest BCUT2D eigenvalue weighted by Crippen LogP contribution is -2.46. The van der Waals surface area contributed by atoms with Crippen LogP contribution >= 0.6 is 11.6 Å². The highest BCUT2D eigenvalue weighted by Gasteiger charge is 2.30. The zero-order valence-corrected chi connectivity index (χ0v) is 11.4. The molecule has 2 atom stereocenters. The molecule has 19 heavy (non-hydrogen) atoms. The molecule has 1 aliphatic rings. The molecule has 0 saturated carbocycles. The number of anilines is 2. The number of hydrogen-bond acceptors (Lipinski definition) is 6. The first kappa shape index (κ1) is 13.8. The number of carbonyl (C=O) groups excluding carboxylic acids is 1. The third kappa shape index (κ3) is 2.87. The molecule has 8 heteroatoms. The van der Waals surface area contributed by atoms with Gasteiger partial charge < -0.3 is 10.6 Å². The number of aromatic nitrogens is 2. The Morgan fingerprint density at radius 2 is 2.32 bits per heavy atom. The second-order valence-corrected chi connectivity index (χ2v) is 5.09. The van der Waals surface area contributed by atoms with Crippen LogP contribution in [0.25, 0.3) is 0 Å². The molecule has 2 rings (SSSR count). The van der Waals surface area contributed by atoms with Crippen LogP contribution in [0, 0.1) is 5.92 Å². The Balaban J connectivity index is 2.30. The third-order valence-corrected chi connectivity index (χ3v) is 3.68. The molecule has 0 aromatic carbocycles. The van der Waals surface area contributed by atoms with Crippen molar-refractivity contribution in [2.75, 3.05) is 16.9 Å². The largest absolute Gasteiger partial charge is 0.369 e. The Hall–Kier alpha value is -1.60. The van der Waals surface area contributed by atoms with Gasteiger partial charge in [-0.15, -0.1) is 0 Å². The van der Waals surface area contributed by atoms with Gasteiger partial charge in [-0.05, 0) is 19.8 Å². The average molecular weight is 285 g/mol. The normalized spacial score (nSPS) is 23.2. The van der Waals surface area contributed by atoms with E-state index in [0.29, 0.717) is 17.4 Å². The number of nitrogens with one attached hydrogen (secondary N) is 1. The molecule has 2 heterocycles. The fraction of sp³-hybridized carbons (Fsp3) is 0.545. The molecular weight excluding hydrogens is 268 g/mol. The van der Waals surface area contributed by atoms with Crippen molar-refractivity contribution in [3.05, 3.63) is 11.2 Å². The Kier molecular flexibility index (Phi) is 4.06. The Bertz CT molecular complexity index is 482. The molecule has 5 N–H and O–H groups in total. The van der Waals surface area contributed by atoms with Gasteiger partial charge in [-0.2, -0.15) is 4.98 Å². The van der Waals surface area contributed by atoms with E-state index in [-0.39, 0.29) is 23.8 Å². The molecule has 7 nitrogen and oxygen atoms in total. The van der Waals surface area contributed by atoms with Crippen molar-refractivity contribution in [3.63, 3.8) is 0 Å². The number of halogens is 1. The maximum Gasteiger partial charge on any atom is 0.239 e. The van der Waals surface area contributed by atoms with Crippen LogP contribution in [0.15, 0.2) is 6.20 Å². The van der Waals surface area contributed by atoms with Gasteiger partial charge in [0.25, 0.3) is 0 Å². The summed E-state index contributed by atoms with van der Waals surface area (Å²) in [6.45, 7) is 2.57. The first-order chi connectivity index (χ1) is 9.02. The lowest BCUT2D eigenvalue weighted by atomic mass is 9.93. The van der Waals surface area contributed by atoms with Crippen LogP contribution in [0.1, 0.15) is 19.8 Å². The zero-order chi connectivity index (χ0) is 14.0. The number of carbonyl (C=O) groups is 1. The number of nitrogens with zero attached hydrogens (tertiary/aromatic N) is 3. The topological polar surface area (TPSA) is 110 Å². The van der Waals surface area contributed by atoms with E-state index in [1.807, 2.05) is 4.90 Å². The maximum absolute atomic E-state index is 11.3. The molecule has 0 aliphatic carbocycles. The monoisotopic (exact) mass is 284 g/mol. The van der Waals surface area contributed by atoms with Crippen LogP contribution in [0.2, 0.25) is 5.02 Å². The van der Waals surface area contributed by atoms with E-state index in [1.165, 1.54) is 6.20 Å². The molecule has 104 valence electrons. The van der Waals surface area contributed by atoms with Gasteiger partial charge in [-0.25, -0.2) is 10.8 Å². The molecule has 1 aliphatic heterocycles. The van der Waals surface area contributed by atoms with Crippen LogP contribution in [0.5, 0.6) is 0 Å². The van der Waals surface area contributed by atoms with Crippen molar-refractivity contribution in [3.8, 4) is 0 Å². The smallest absolute Gasteiger partial charge is 0.239 e. The summed E-state index contributed by atoms with van der Waals surface area (Å²) in [6, 6.07) is 0.230. The molecule has 0 radical (unpaired) electrons. The van der Waals surface area contributed by atoms with E-state index in [4.69, 9.17) is 23.2 Å². The maximum atomic E-state index is 11.3. The van der Waals surface area contributed by atoms with Gasteiger partial charge in [0.1, 0.15) is 5.02 Å². The van der Waals surface area contributed by atoms with Crippen molar-refractivity contribution in [1.82, 2.24) is 9.97 Å². The summed E-state index contributed by atoms with van der Waals surface area (Å²) in [5.41, 5.74) is 7.77. The minimum atomic E-state index is -0.292. The van der Waals surface area contributed by atoms with Crippen molar-refractivity contribution in [2.45, 2.75) is 25.8 Å². The second-order valence-electron chi connectivity index (χ2n) is 4.69. The molecule has 1 aromatic heterocycles. The van der Waals surface area contributed by atoms with Gasteiger partial charge in [0, 0.05) is 12.6 Å². The minimum Gasteiger partial charge on any atom is -0.369 e. The quantitative estimate of drug-likeness (QED) is 0.551. The Morgan fingerprint density at radius 3 is 2.95 bits per heavy atom. The fourth-order valence-electron chi connectivity index (χ4n) is 2.26. The molecule has 1 aromatic rings. The van der Waals surface area contributed by atoms with E-state index >= 15 is 0 Å². The SMILES string of the molecule is CC1CCC(C(N)=O)CN1c1nc(NN)ncc1Cl. The average Bonchev–Trinajstić information content (AvgIpc) is 2.40. The van der Waals surface area contributed by atoms with Crippen LogP contribution in [-0.2, 0) is 4.79 Å². The predicted molar refractivity (Wildman–Crippen MR) is 73.6 cm³/mol. The van der Waals surface area contributed by atoms with Crippen LogP contribution < -0.4 is 21.9 Å². The van der Waals surface area contributed by atoms with Gasteiger partial charge >= 0.3 is 0 Å². The molecule has 1 amide bonds. The minimum absolute atomic E-state index is 0.184. The molecule has 2 unspecified atom stereocenters. The number of amides is 1. The summed E-state index contributed by atoms with van der Waals surface area (Å²) in [5.74, 6) is 5.68. The molecule has 0 spiro atoms. The van der Waals surface area contributed by atoms with E-state index in [0.717, 1.165) is 12.8 Å². The summed E-state index contributed by atoms with van der Waals surface area (Å²) in [5, 5.41) is 0.427. The van der Waals surface area contributed by atoms with Gasteiger partial charge in [0.15, 0.2) is 5.82 Å². The van der Waals surface area contributed by atoms with Gasteiger partial charge in [-0.1, -0.05) is 11.6 Å². The van der Waals surface area contributed by atoms with Gasteiger partial charge in [0.05, 0.1) is 12.1 Å². The summed E-state index contributed by atoms with van der Waals surface area (Å²) < 4.78 is 0. The molecule has 1 fully saturated rings. The summed E-state index contributed by atoms with van der Waals surface area (Å²) in [6.07, 6.45) is 3.14. The summed E-state index contributed by atoms with van der Waals surface area (Å²) in [7, 11) is 0. The lowest BCUT2D eigenvalue weighted by molar-refractivity contribution is -0.122. The first-order valence-electron chi connectivity index (χ1n) is 6.08. The van der Waals surface area contributed by atoms with Crippen LogP contribution in [0.3, 0.4) is 0 Å². The number of nitrogens with two attached hydrogens (primary N) is 2. The van der Waals surface area contributed by atoms with Gasteiger partial charge in [-0.3, -0.25) is 10.2 Å². The zero-order valence-electron chi connectivity index (χ0n) is 10.6. The third-order valence-electron chi connectivity index (χ3n) is 3.41. The second kappa shape index (κ2) is 5.58. The Morgan fingerprint density at radius 1 is 1.58 bits per heavy atom. The first-order valence-corrected chi connectivity index (χ1v) is 6.45. The number of rotatable bonds is 3. The fourth-order valence-corrected chi connectivity index (χ4v) is 2.46. The van der Waals surface area contributed by atoms with E-state index in [2.05, 4.69) is 22.3 Å². The van der Waals surface area contributed by atoms with Crippen molar-refractivity contribution >= 4 is 29.3 Å². The highest BCUT2D eigenvalue weighted by atomic mass is 35.5. The van der Waals surface area contributed by atoms with Gasteiger partial charge in [0.2, 0.25) is 11.9 Å². The van der Waals surface area contributed by atoms with Crippen molar-refractivity contribution in [2.24, 2.45) is 17.5 Å². The lowest BCUT2D eigenvalue weighted by Gasteiger charge is -2.38. The number of nitrogen functional groups attached to an aromatic ring is 1. The predicted octanol–water partition coefficient (Wildman–Crippen LogP) is 0.506. The highest BCUT2D eigenvalue weighted by molar-refractivity contribution is 6.32. The number of primary amides is 1. The standard InChI is InChI=1S/C11H17ClN6O/c1-6-2-3-7(9(13)19)5-18(6)10-8(12)4-15-11(16-10)17-14/h4,6-7H,2-3,5,14H2,1H3,(H2,13,19)(H,15,16,17). The summed E-state index contributed by atoms with van der Waals surface area (Å²) >= 11 is 6.13. The molecule has 0 bridgehead atoms. The van der Waals surface area contributed by atoms with Crippen molar-refractivity contribution in [1.29, 1.82) is 0 Å². The van der Waals surface area contributed by atoms with Crippen LogP contribution in [0.4, 0.5) is 11.8 Å². The number of hydrogen-bond donors (Lipinski definition) is 3. The van der Waals surface area contributed by atoms with E-state index in [9.17, 15) is 4.79 Å².